The molecule has 0 aliphatic carbocycles. The lowest BCUT2D eigenvalue weighted by molar-refractivity contribution is -0.125. The Hall–Kier alpha value is -0.860. The maximum Gasteiger partial charge on any atom is 0.149 e. The van der Waals surface area contributed by atoms with Crippen molar-refractivity contribution in [1.29, 1.82) is 0 Å². The van der Waals surface area contributed by atoms with Gasteiger partial charge in [0.25, 0.3) is 0 Å². The van der Waals surface area contributed by atoms with Gasteiger partial charge in [-0.1, -0.05) is 37.1 Å². The van der Waals surface area contributed by atoms with Crippen LogP contribution in [0.3, 0.4) is 0 Å². The van der Waals surface area contributed by atoms with Crippen LogP contribution >= 0.6 is 11.6 Å². The highest BCUT2D eigenvalue weighted by Crippen LogP contribution is 2.21. The van der Waals surface area contributed by atoms with Gasteiger partial charge in [0.2, 0.25) is 0 Å². The van der Waals surface area contributed by atoms with Crippen LogP contribution in [0.2, 0.25) is 5.02 Å². The molecule has 0 saturated carbocycles. The second-order valence-corrected chi connectivity index (χ2v) is 5.36. The molecule has 0 spiro atoms. The third kappa shape index (κ3) is 3.33. The number of ketones is 1. The summed E-state index contributed by atoms with van der Waals surface area (Å²) in [6, 6.07) is 8.04. The van der Waals surface area contributed by atoms with Crippen molar-refractivity contribution >= 4 is 17.4 Å². The molecular weight excluding hydrogens is 246 g/mol. The van der Waals surface area contributed by atoms with Crippen LogP contribution < -0.4 is 0 Å². The van der Waals surface area contributed by atoms with Crippen molar-refractivity contribution in [2.45, 2.75) is 45.2 Å². The molecule has 1 aliphatic heterocycles. The smallest absolute Gasteiger partial charge is 0.149 e. The van der Waals surface area contributed by atoms with Crippen molar-refractivity contribution in [3.05, 3.63) is 34.9 Å². The summed E-state index contributed by atoms with van der Waals surface area (Å²) >= 11 is 5.89. The largest absolute Gasteiger partial charge is 0.298 e. The fourth-order valence-corrected chi connectivity index (χ4v) is 2.73. The van der Waals surface area contributed by atoms with Crippen LogP contribution in [0, 0.1) is 0 Å². The molecule has 1 saturated heterocycles. The van der Waals surface area contributed by atoms with Gasteiger partial charge in [-0.15, -0.1) is 0 Å². The van der Waals surface area contributed by atoms with E-state index in [0.717, 1.165) is 24.5 Å². The van der Waals surface area contributed by atoms with Gasteiger partial charge in [-0.05, 0) is 37.1 Å². The molecule has 0 N–H and O–H groups in total. The highest BCUT2D eigenvalue weighted by molar-refractivity contribution is 6.30. The zero-order chi connectivity index (χ0) is 13.0. The van der Waals surface area contributed by atoms with Crippen molar-refractivity contribution < 1.29 is 4.79 Å². The molecule has 3 heteroatoms. The zero-order valence-electron chi connectivity index (χ0n) is 10.9. The van der Waals surface area contributed by atoms with Gasteiger partial charge < -0.3 is 0 Å². The van der Waals surface area contributed by atoms with Crippen molar-refractivity contribution in [1.82, 2.24) is 4.90 Å². The maximum absolute atomic E-state index is 12.0. The number of benzene rings is 1. The van der Waals surface area contributed by atoms with Crippen LogP contribution in [0.5, 0.6) is 0 Å². The standard InChI is InChI=1S/C15H20ClNO/c1-2-15(18)14-5-3-4-10-17(14)11-12-6-8-13(16)9-7-12/h6-9,14H,2-5,10-11H2,1H3. The Bertz CT molecular complexity index is 401. The number of rotatable bonds is 4. The lowest BCUT2D eigenvalue weighted by Crippen LogP contribution is -2.43. The second-order valence-electron chi connectivity index (χ2n) is 4.93. The Morgan fingerprint density at radius 3 is 2.72 bits per heavy atom. The van der Waals surface area contributed by atoms with E-state index in [9.17, 15) is 4.79 Å². The molecule has 1 aliphatic rings. The van der Waals surface area contributed by atoms with E-state index in [1.165, 1.54) is 18.4 Å². The highest BCUT2D eigenvalue weighted by atomic mass is 35.5. The van der Waals surface area contributed by atoms with Gasteiger partial charge in [-0.2, -0.15) is 0 Å². The van der Waals surface area contributed by atoms with Crippen LogP contribution in [0.1, 0.15) is 38.2 Å². The topological polar surface area (TPSA) is 20.3 Å². The first-order chi connectivity index (χ1) is 8.70. The van der Waals surface area contributed by atoms with E-state index in [1.807, 2.05) is 31.2 Å². The lowest BCUT2D eigenvalue weighted by Gasteiger charge is -2.34. The van der Waals surface area contributed by atoms with Crippen molar-refractivity contribution in [2.75, 3.05) is 6.54 Å². The van der Waals surface area contributed by atoms with E-state index in [2.05, 4.69) is 4.90 Å². The third-order valence-corrected chi connectivity index (χ3v) is 3.88. The summed E-state index contributed by atoms with van der Waals surface area (Å²) in [4.78, 5) is 14.3. The van der Waals surface area contributed by atoms with Crippen LogP contribution in [0.15, 0.2) is 24.3 Å². The molecule has 2 rings (SSSR count). The van der Waals surface area contributed by atoms with E-state index >= 15 is 0 Å². The molecule has 0 radical (unpaired) electrons. The average molecular weight is 266 g/mol. The van der Waals surface area contributed by atoms with E-state index in [1.54, 1.807) is 0 Å². The van der Waals surface area contributed by atoms with Gasteiger partial charge >= 0.3 is 0 Å². The summed E-state index contributed by atoms with van der Waals surface area (Å²) in [5.74, 6) is 0.378. The van der Waals surface area contributed by atoms with Crippen molar-refractivity contribution in [3.8, 4) is 0 Å². The highest BCUT2D eigenvalue weighted by Gasteiger charge is 2.27. The fraction of sp³-hybridized carbons (Fsp3) is 0.533. The predicted octanol–water partition coefficient (Wildman–Crippen LogP) is 3.67. The monoisotopic (exact) mass is 265 g/mol. The Morgan fingerprint density at radius 2 is 2.06 bits per heavy atom. The second kappa shape index (κ2) is 6.35. The Balaban J connectivity index is 2.05. The minimum Gasteiger partial charge on any atom is -0.298 e. The molecule has 1 atom stereocenters. The first-order valence-corrected chi connectivity index (χ1v) is 7.09. The molecule has 0 bridgehead atoms. The number of hydrogen-bond acceptors (Lipinski definition) is 2. The van der Waals surface area contributed by atoms with Crippen molar-refractivity contribution in [2.24, 2.45) is 0 Å². The number of carbonyl (C=O) groups excluding carboxylic acids is 1. The molecule has 1 aromatic carbocycles. The van der Waals surface area contributed by atoms with Gasteiger partial charge in [-0.3, -0.25) is 9.69 Å². The van der Waals surface area contributed by atoms with Gasteiger partial charge in [0.1, 0.15) is 5.78 Å². The zero-order valence-corrected chi connectivity index (χ0v) is 11.6. The summed E-state index contributed by atoms with van der Waals surface area (Å²) in [7, 11) is 0. The van der Waals surface area contributed by atoms with Crippen LogP contribution in [-0.2, 0) is 11.3 Å². The number of Topliss-reactive ketones (excluding diaryl/α,β-unsaturated/α-hetero) is 1. The summed E-state index contributed by atoms with van der Waals surface area (Å²) in [6.07, 6.45) is 4.02. The number of nitrogens with zero attached hydrogens (tertiary/aromatic N) is 1. The van der Waals surface area contributed by atoms with Gasteiger partial charge in [0, 0.05) is 18.0 Å². The van der Waals surface area contributed by atoms with Crippen LogP contribution in [0.25, 0.3) is 0 Å². The SMILES string of the molecule is CCC(=O)C1CCCCN1Cc1ccc(Cl)cc1. The Morgan fingerprint density at radius 1 is 1.33 bits per heavy atom. The number of piperidine rings is 1. The number of halogens is 1. The van der Waals surface area contributed by atoms with Crippen molar-refractivity contribution in [3.63, 3.8) is 0 Å². The maximum atomic E-state index is 12.0. The van der Waals surface area contributed by atoms with E-state index in [-0.39, 0.29) is 6.04 Å². The van der Waals surface area contributed by atoms with Crippen LogP contribution in [-0.4, -0.2) is 23.3 Å². The molecule has 1 fully saturated rings. The molecule has 1 unspecified atom stereocenters. The molecule has 1 heterocycles. The predicted molar refractivity (Wildman–Crippen MR) is 74.8 cm³/mol. The number of hydrogen-bond donors (Lipinski definition) is 0. The quantitative estimate of drug-likeness (QED) is 0.828. The van der Waals surface area contributed by atoms with Crippen LogP contribution in [0.4, 0.5) is 0 Å². The van der Waals surface area contributed by atoms with E-state index in [4.69, 9.17) is 11.6 Å². The molecule has 2 nitrogen and oxygen atoms in total. The fourth-order valence-electron chi connectivity index (χ4n) is 2.60. The summed E-state index contributed by atoms with van der Waals surface area (Å²) < 4.78 is 0. The molecular formula is C15H20ClNO. The van der Waals surface area contributed by atoms with E-state index in [0.29, 0.717) is 12.2 Å². The lowest BCUT2D eigenvalue weighted by atomic mass is 9.96. The number of carbonyl (C=O) groups is 1. The number of likely N-dealkylation sites (tertiary alicyclic amines) is 1. The average Bonchev–Trinajstić information content (AvgIpc) is 2.41. The van der Waals surface area contributed by atoms with Gasteiger partial charge in [0.15, 0.2) is 0 Å². The molecule has 98 valence electrons. The molecule has 18 heavy (non-hydrogen) atoms. The minimum absolute atomic E-state index is 0.124. The Kier molecular flexibility index (Phi) is 4.79. The molecule has 0 aromatic heterocycles. The first-order valence-electron chi connectivity index (χ1n) is 6.72. The third-order valence-electron chi connectivity index (χ3n) is 3.63. The summed E-state index contributed by atoms with van der Waals surface area (Å²) in [5, 5.41) is 0.763. The first kappa shape index (κ1) is 13.6. The van der Waals surface area contributed by atoms with Gasteiger partial charge in [-0.25, -0.2) is 0 Å². The van der Waals surface area contributed by atoms with Gasteiger partial charge in [0.05, 0.1) is 6.04 Å². The summed E-state index contributed by atoms with van der Waals surface area (Å²) in [6.45, 7) is 3.84. The minimum atomic E-state index is 0.124. The normalized spacial score (nSPS) is 20.9. The Labute approximate surface area is 114 Å². The van der Waals surface area contributed by atoms with E-state index < -0.39 is 0 Å². The molecule has 0 amide bonds. The summed E-state index contributed by atoms with van der Waals surface area (Å²) in [5.41, 5.74) is 1.23. The molecule has 1 aromatic rings.